The monoisotopic (exact) mass is 208 g/mol. The topological polar surface area (TPSA) is 64.3 Å². The van der Waals surface area contributed by atoms with Crippen molar-refractivity contribution in [1.29, 1.82) is 0 Å². The zero-order valence-corrected chi connectivity index (χ0v) is 8.82. The van der Waals surface area contributed by atoms with Crippen molar-refractivity contribution in [2.24, 2.45) is 5.73 Å². The predicted molar refractivity (Wildman–Crippen MR) is 58.5 cm³/mol. The Morgan fingerprint density at radius 2 is 2.20 bits per heavy atom. The Labute approximate surface area is 89.4 Å². The molecule has 0 spiro atoms. The van der Waals surface area contributed by atoms with Crippen molar-refractivity contribution in [2.75, 3.05) is 13.2 Å². The van der Waals surface area contributed by atoms with Crippen LogP contribution in [0.5, 0.6) is 5.75 Å². The SMILES string of the molecule is CCNCc1ccccc1OCC(N)=O. The van der Waals surface area contributed by atoms with E-state index in [1.54, 1.807) is 0 Å². The molecule has 0 unspecified atom stereocenters. The van der Waals surface area contributed by atoms with Crippen molar-refractivity contribution in [3.05, 3.63) is 29.8 Å². The van der Waals surface area contributed by atoms with E-state index in [1.807, 2.05) is 31.2 Å². The summed E-state index contributed by atoms with van der Waals surface area (Å²) < 4.78 is 5.28. The average Bonchev–Trinajstić information content (AvgIpc) is 2.24. The van der Waals surface area contributed by atoms with Crippen molar-refractivity contribution in [2.45, 2.75) is 13.5 Å². The van der Waals surface area contributed by atoms with E-state index < -0.39 is 5.91 Å². The Balaban J connectivity index is 2.63. The highest BCUT2D eigenvalue weighted by molar-refractivity contribution is 5.75. The molecule has 4 nitrogen and oxygen atoms in total. The fourth-order valence-electron chi connectivity index (χ4n) is 1.20. The molecule has 0 bridgehead atoms. The van der Waals surface area contributed by atoms with Crippen molar-refractivity contribution < 1.29 is 9.53 Å². The van der Waals surface area contributed by atoms with Gasteiger partial charge in [-0.25, -0.2) is 0 Å². The summed E-state index contributed by atoms with van der Waals surface area (Å²) in [6.45, 7) is 3.58. The maximum Gasteiger partial charge on any atom is 0.255 e. The summed E-state index contributed by atoms with van der Waals surface area (Å²) >= 11 is 0. The van der Waals surface area contributed by atoms with Crippen LogP contribution in [-0.4, -0.2) is 19.1 Å². The number of hydrogen-bond donors (Lipinski definition) is 2. The Morgan fingerprint density at radius 1 is 1.47 bits per heavy atom. The van der Waals surface area contributed by atoms with E-state index in [-0.39, 0.29) is 6.61 Å². The molecular formula is C11H16N2O2. The molecule has 1 aromatic carbocycles. The lowest BCUT2D eigenvalue weighted by Gasteiger charge is -2.10. The van der Waals surface area contributed by atoms with Gasteiger partial charge >= 0.3 is 0 Å². The highest BCUT2D eigenvalue weighted by atomic mass is 16.5. The van der Waals surface area contributed by atoms with Crippen LogP contribution >= 0.6 is 0 Å². The molecule has 0 atom stereocenters. The average molecular weight is 208 g/mol. The minimum absolute atomic E-state index is 0.0802. The van der Waals surface area contributed by atoms with Gasteiger partial charge in [-0.1, -0.05) is 25.1 Å². The number of nitrogens with two attached hydrogens (primary N) is 1. The molecule has 15 heavy (non-hydrogen) atoms. The summed E-state index contributed by atoms with van der Waals surface area (Å²) in [5, 5.41) is 3.20. The van der Waals surface area contributed by atoms with Crippen molar-refractivity contribution in [3.8, 4) is 5.75 Å². The first-order valence-electron chi connectivity index (χ1n) is 4.93. The Morgan fingerprint density at radius 3 is 2.87 bits per heavy atom. The Kier molecular flexibility index (Phi) is 4.63. The van der Waals surface area contributed by atoms with E-state index in [4.69, 9.17) is 10.5 Å². The molecular weight excluding hydrogens is 192 g/mol. The summed E-state index contributed by atoms with van der Waals surface area (Å²) in [4.78, 5) is 10.6. The van der Waals surface area contributed by atoms with Crippen molar-refractivity contribution in [1.82, 2.24) is 5.32 Å². The molecule has 0 saturated heterocycles. The van der Waals surface area contributed by atoms with Gasteiger partial charge in [0, 0.05) is 12.1 Å². The number of carbonyl (C=O) groups excluding carboxylic acids is 1. The third-order valence-corrected chi connectivity index (χ3v) is 1.91. The number of primary amides is 1. The third kappa shape index (κ3) is 3.99. The summed E-state index contributed by atoms with van der Waals surface area (Å²) in [6.07, 6.45) is 0. The van der Waals surface area contributed by atoms with Crippen LogP contribution in [0, 0.1) is 0 Å². The lowest BCUT2D eigenvalue weighted by molar-refractivity contribution is -0.119. The second kappa shape index (κ2) is 6.03. The largest absolute Gasteiger partial charge is 0.483 e. The zero-order chi connectivity index (χ0) is 11.1. The number of para-hydroxylation sites is 1. The standard InChI is InChI=1S/C11H16N2O2/c1-2-13-7-9-5-3-4-6-10(9)15-8-11(12)14/h3-6,13H,2,7-8H2,1H3,(H2,12,14). The number of hydrogen-bond acceptors (Lipinski definition) is 3. The van der Waals surface area contributed by atoms with E-state index in [0.29, 0.717) is 5.75 Å². The van der Waals surface area contributed by atoms with Gasteiger partial charge in [0.2, 0.25) is 0 Å². The van der Waals surface area contributed by atoms with E-state index in [2.05, 4.69) is 5.32 Å². The van der Waals surface area contributed by atoms with Crippen LogP contribution < -0.4 is 15.8 Å². The second-order valence-corrected chi connectivity index (χ2v) is 3.14. The van der Waals surface area contributed by atoms with Gasteiger partial charge in [-0.15, -0.1) is 0 Å². The number of carbonyl (C=O) groups is 1. The number of nitrogens with one attached hydrogen (secondary N) is 1. The van der Waals surface area contributed by atoms with Gasteiger partial charge in [0.05, 0.1) is 0 Å². The van der Waals surface area contributed by atoms with Gasteiger partial charge in [-0.3, -0.25) is 4.79 Å². The second-order valence-electron chi connectivity index (χ2n) is 3.14. The number of rotatable bonds is 6. The molecule has 0 saturated carbocycles. The minimum atomic E-state index is -0.465. The van der Waals surface area contributed by atoms with E-state index in [9.17, 15) is 4.79 Å². The van der Waals surface area contributed by atoms with Crippen LogP contribution in [0.1, 0.15) is 12.5 Å². The fraction of sp³-hybridized carbons (Fsp3) is 0.364. The molecule has 0 aliphatic rings. The zero-order valence-electron chi connectivity index (χ0n) is 8.82. The minimum Gasteiger partial charge on any atom is -0.483 e. The number of ether oxygens (including phenoxy) is 1. The molecule has 4 heteroatoms. The number of amides is 1. The fourth-order valence-corrected chi connectivity index (χ4v) is 1.20. The van der Waals surface area contributed by atoms with Gasteiger partial charge in [-0.2, -0.15) is 0 Å². The van der Waals surface area contributed by atoms with Gasteiger partial charge in [0.25, 0.3) is 5.91 Å². The molecule has 3 N–H and O–H groups in total. The van der Waals surface area contributed by atoms with E-state index in [0.717, 1.165) is 18.7 Å². The molecule has 1 rings (SSSR count). The molecule has 0 radical (unpaired) electrons. The summed E-state index contributed by atoms with van der Waals surface area (Å²) in [5.74, 6) is 0.241. The van der Waals surface area contributed by atoms with E-state index >= 15 is 0 Å². The van der Waals surface area contributed by atoms with Crippen LogP contribution in [0.2, 0.25) is 0 Å². The van der Waals surface area contributed by atoms with Crippen molar-refractivity contribution in [3.63, 3.8) is 0 Å². The van der Waals surface area contributed by atoms with Gasteiger partial charge in [0.1, 0.15) is 5.75 Å². The van der Waals surface area contributed by atoms with Crippen molar-refractivity contribution >= 4 is 5.91 Å². The predicted octanol–water partition coefficient (Wildman–Crippen LogP) is 0.660. The third-order valence-electron chi connectivity index (χ3n) is 1.91. The maximum absolute atomic E-state index is 10.6. The quantitative estimate of drug-likeness (QED) is 0.721. The van der Waals surface area contributed by atoms with Crippen LogP contribution in [0.25, 0.3) is 0 Å². The summed E-state index contributed by atoms with van der Waals surface area (Å²) in [6, 6.07) is 7.59. The maximum atomic E-state index is 10.6. The molecule has 0 aromatic heterocycles. The van der Waals surface area contributed by atoms with Gasteiger partial charge in [0.15, 0.2) is 6.61 Å². The highest BCUT2D eigenvalue weighted by Gasteiger charge is 2.03. The van der Waals surface area contributed by atoms with Gasteiger partial charge in [-0.05, 0) is 12.6 Å². The van der Waals surface area contributed by atoms with Crippen LogP contribution in [-0.2, 0) is 11.3 Å². The molecule has 0 aliphatic carbocycles. The number of benzene rings is 1. The molecule has 0 aliphatic heterocycles. The highest BCUT2D eigenvalue weighted by Crippen LogP contribution is 2.17. The molecule has 0 heterocycles. The Bertz CT molecular complexity index is 326. The van der Waals surface area contributed by atoms with Gasteiger partial charge < -0.3 is 15.8 Å². The molecule has 1 aromatic rings. The van der Waals surface area contributed by atoms with E-state index in [1.165, 1.54) is 0 Å². The summed E-state index contributed by atoms with van der Waals surface area (Å²) in [7, 11) is 0. The summed E-state index contributed by atoms with van der Waals surface area (Å²) in [5.41, 5.74) is 6.04. The lowest BCUT2D eigenvalue weighted by Crippen LogP contribution is -2.21. The lowest BCUT2D eigenvalue weighted by atomic mass is 10.2. The first kappa shape index (κ1) is 11.5. The van der Waals surface area contributed by atoms with Crippen LogP contribution in [0.3, 0.4) is 0 Å². The first-order valence-corrected chi connectivity index (χ1v) is 4.93. The smallest absolute Gasteiger partial charge is 0.255 e. The first-order chi connectivity index (χ1) is 7.24. The molecule has 0 fully saturated rings. The molecule has 1 amide bonds. The van der Waals surface area contributed by atoms with Crippen LogP contribution in [0.4, 0.5) is 0 Å². The normalized spacial score (nSPS) is 9.93. The molecule has 82 valence electrons. The van der Waals surface area contributed by atoms with Crippen LogP contribution in [0.15, 0.2) is 24.3 Å². The Hall–Kier alpha value is -1.55.